The first-order valence-electron chi connectivity index (χ1n) is 15.6. The van der Waals surface area contributed by atoms with Crippen LogP contribution < -0.4 is 32.6 Å². The second kappa shape index (κ2) is 20.0. The molecular weight excluding hydrogens is 642 g/mol. The van der Waals surface area contributed by atoms with E-state index in [-0.39, 0.29) is 85.7 Å². The number of rotatable bonds is 22. The topological polar surface area (TPSA) is 270 Å². The van der Waals surface area contributed by atoms with Crippen LogP contribution in [0.5, 0.6) is 0 Å². The number of ether oxygens (including phenoxy) is 2. The van der Waals surface area contributed by atoms with Crippen LogP contribution in [0.3, 0.4) is 0 Å². The lowest BCUT2D eigenvalue weighted by Crippen LogP contribution is -2.41. The Morgan fingerprint density at radius 3 is 2.39 bits per heavy atom. The molecule has 0 saturated heterocycles. The van der Waals surface area contributed by atoms with Gasteiger partial charge < -0.3 is 41.6 Å². The Morgan fingerprint density at radius 2 is 1.67 bits per heavy atom. The molecule has 0 fully saturated rings. The summed E-state index contributed by atoms with van der Waals surface area (Å²) in [7, 11) is 0. The standard InChI is InChI=1S/C31H41N9O9/c1-19(41)33-12-14-49-16-15-48-13-10-25(43)34-11-2-3-23(42)8-9-24(30(46)47)38-28(44)20-4-6-21(7-5-20)35-17-22-18-36-27-26(37-22)29(45)40-31(32)39-27/h4-7,18,24,35H,2-3,8-17H2,1H3,(H,33,41)(H,34,43)(H,38,44)(H,46,47)(H3,32,36,39,40,45). The number of aromatic nitrogens is 4. The van der Waals surface area contributed by atoms with Crippen molar-refractivity contribution in [2.24, 2.45) is 0 Å². The average molecular weight is 684 g/mol. The van der Waals surface area contributed by atoms with Crippen molar-refractivity contribution in [3.63, 3.8) is 0 Å². The largest absolute Gasteiger partial charge is 0.480 e. The first-order valence-corrected chi connectivity index (χ1v) is 15.6. The summed E-state index contributed by atoms with van der Waals surface area (Å²) in [5.74, 6) is -2.48. The van der Waals surface area contributed by atoms with E-state index in [0.29, 0.717) is 44.2 Å². The zero-order valence-electron chi connectivity index (χ0n) is 27.1. The maximum absolute atomic E-state index is 12.7. The van der Waals surface area contributed by atoms with Crippen LogP contribution in [-0.4, -0.2) is 100 Å². The minimum absolute atomic E-state index is 0.0498. The predicted octanol–water partition coefficient (Wildman–Crippen LogP) is -0.104. The molecule has 3 rings (SSSR count). The SMILES string of the molecule is CC(=O)NCCOCCOCCC(=O)NCCCC(=O)CCC(NC(=O)c1ccc(NCc2cnc3nc(N)[nH]c(=O)c3n2)cc1)C(=O)O. The molecule has 1 aromatic carbocycles. The van der Waals surface area contributed by atoms with Gasteiger partial charge in [-0.2, -0.15) is 4.98 Å². The predicted molar refractivity (Wildman–Crippen MR) is 176 cm³/mol. The van der Waals surface area contributed by atoms with Gasteiger partial charge in [-0.05, 0) is 37.1 Å². The van der Waals surface area contributed by atoms with Gasteiger partial charge in [0.2, 0.25) is 17.8 Å². The molecule has 0 radical (unpaired) electrons. The highest BCUT2D eigenvalue weighted by Gasteiger charge is 2.22. The van der Waals surface area contributed by atoms with Crippen LogP contribution in [-0.2, 0) is 35.2 Å². The second-order valence-electron chi connectivity index (χ2n) is 10.8. The molecule has 264 valence electrons. The van der Waals surface area contributed by atoms with E-state index in [0.717, 1.165) is 0 Å². The van der Waals surface area contributed by atoms with Gasteiger partial charge in [0.05, 0.1) is 44.9 Å². The lowest BCUT2D eigenvalue weighted by atomic mass is 10.1. The summed E-state index contributed by atoms with van der Waals surface area (Å²) in [6.07, 6.45) is 2.00. The van der Waals surface area contributed by atoms with E-state index in [9.17, 15) is 33.9 Å². The van der Waals surface area contributed by atoms with Crippen LogP contribution in [0.25, 0.3) is 11.2 Å². The summed E-state index contributed by atoms with van der Waals surface area (Å²) in [5, 5.41) is 20.4. The molecule has 8 N–H and O–H groups in total. The van der Waals surface area contributed by atoms with Crippen LogP contribution in [0.15, 0.2) is 35.3 Å². The first-order chi connectivity index (χ1) is 23.5. The van der Waals surface area contributed by atoms with E-state index < -0.39 is 23.5 Å². The molecule has 0 spiro atoms. The van der Waals surface area contributed by atoms with Gasteiger partial charge in [0.25, 0.3) is 11.5 Å². The number of benzene rings is 1. The van der Waals surface area contributed by atoms with E-state index in [1.807, 2.05) is 0 Å². The smallest absolute Gasteiger partial charge is 0.326 e. The summed E-state index contributed by atoms with van der Waals surface area (Å²) in [4.78, 5) is 86.2. The molecule has 0 aliphatic carbocycles. The molecule has 0 aliphatic heterocycles. The fourth-order valence-corrected chi connectivity index (χ4v) is 4.31. The van der Waals surface area contributed by atoms with Crippen LogP contribution in [0.4, 0.5) is 11.6 Å². The Kier molecular flexibility index (Phi) is 15.5. The van der Waals surface area contributed by atoms with E-state index in [4.69, 9.17) is 15.2 Å². The van der Waals surface area contributed by atoms with Gasteiger partial charge in [-0.3, -0.25) is 29.0 Å². The maximum Gasteiger partial charge on any atom is 0.326 e. The quantitative estimate of drug-likeness (QED) is 0.0682. The molecule has 3 aromatic rings. The van der Waals surface area contributed by atoms with Gasteiger partial charge in [0, 0.05) is 50.5 Å². The molecule has 0 aliphatic rings. The normalized spacial score (nSPS) is 11.4. The highest BCUT2D eigenvalue weighted by Crippen LogP contribution is 2.13. The van der Waals surface area contributed by atoms with Gasteiger partial charge in [0.1, 0.15) is 11.8 Å². The second-order valence-corrected chi connectivity index (χ2v) is 10.8. The van der Waals surface area contributed by atoms with Crippen molar-refractivity contribution in [2.75, 3.05) is 50.6 Å². The highest BCUT2D eigenvalue weighted by atomic mass is 16.5. The Morgan fingerprint density at radius 1 is 0.939 bits per heavy atom. The molecule has 2 heterocycles. The molecule has 0 saturated carbocycles. The molecule has 1 unspecified atom stereocenters. The molecule has 3 amide bonds. The number of H-pyrrole nitrogens is 1. The number of nitrogens with two attached hydrogens (primary N) is 1. The number of aromatic amines is 1. The summed E-state index contributed by atoms with van der Waals surface area (Å²) in [5.41, 5.74) is 6.50. The number of carbonyl (C=O) groups excluding carboxylic acids is 4. The van der Waals surface area contributed by atoms with Crippen molar-refractivity contribution in [1.29, 1.82) is 0 Å². The molecule has 1 atom stereocenters. The van der Waals surface area contributed by atoms with Crippen LogP contribution in [0.1, 0.15) is 55.1 Å². The summed E-state index contributed by atoms with van der Waals surface area (Å²) in [6.45, 7) is 3.58. The molecule has 18 heteroatoms. The van der Waals surface area contributed by atoms with E-state index in [2.05, 4.69) is 41.2 Å². The van der Waals surface area contributed by atoms with Crippen molar-refractivity contribution in [3.8, 4) is 0 Å². The number of amides is 3. The third-order valence-corrected chi connectivity index (χ3v) is 6.84. The number of aliphatic carboxylic acids is 1. The van der Waals surface area contributed by atoms with Gasteiger partial charge in [-0.15, -0.1) is 0 Å². The lowest BCUT2D eigenvalue weighted by molar-refractivity contribution is -0.139. The van der Waals surface area contributed by atoms with Gasteiger partial charge in [-0.25, -0.2) is 14.8 Å². The maximum atomic E-state index is 12.7. The molecule has 0 bridgehead atoms. The van der Waals surface area contributed by atoms with Crippen LogP contribution >= 0.6 is 0 Å². The zero-order valence-corrected chi connectivity index (χ0v) is 27.1. The van der Waals surface area contributed by atoms with E-state index >= 15 is 0 Å². The Hall–Kier alpha value is -5.49. The third-order valence-electron chi connectivity index (χ3n) is 6.84. The summed E-state index contributed by atoms with van der Waals surface area (Å²) >= 11 is 0. The number of hydrogen-bond donors (Lipinski definition) is 7. The number of fused-ring (bicyclic) bond motifs is 1. The Labute approximate surface area is 281 Å². The van der Waals surface area contributed by atoms with E-state index in [1.165, 1.54) is 25.3 Å². The van der Waals surface area contributed by atoms with Crippen molar-refractivity contribution >= 4 is 52.3 Å². The summed E-state index contributed by atoms with van der Waals surface area (Å²) < 4.78 is 10.6. The van der Waals surface area contributed by atoms with Crippen molar-refractivity contribution in [3.05, 3.63) is 52.1 Å². The third kappa shape index (κ3) is 14.0. The molecular formula is C31H41N9O9. The minimum Gasteiger partial charge on any atom is -0.480 e. The number of ketones is 1. The number of nitrogens with zero attached hydrogens (tertiary/aromatic N) is 3. The molecule has 2 aromatic heterocycles. The molecule has 49 heavy (non-hydrogen) atoms. The fraction of sp³-hybridized carbons (Fsp3) is 0.452. The van der Waals surface area contributed by atoms with Crippen molar-refractivity contribution < 1.29 is 38.6 Å². The number of carboxylic acid groups (broad SMARTS) is 1. The number of carboxylic acids is 1. The average Bonchev–Trinajstić information content (AvgIpc) is 3.06. The number of Topliss-reactive ketones (excluding diaryl/α,β-unsaturated/α-hetero) is 1. The molecule has 18 nitrogen and oxygen atoms in total. The Bertz CT molecular complexity index is 1650. The fourth-order valence-electron chi connectivity index (χ4n) is 4.31. The summed E-state index contributed by atoms with van der Waals surface area (Å²) in [6, 6.07) is 5.00. The first kappa shape index (κ1) is 38.0. The van der Waals surface area contributed by atoms with Crippen molar-refractivity contribution in [2.45, 2.75) is 51.6 Å². The lowest BCUT2D eigenvalue weighted by Gasteiger charge is -2.14. The van der Waals surface area contributed by atoms with Gasteiger partial charge >= 0.3 is 5.97 Å². The van der Waals surface area contributed by atoms with Crippen LogP contribution in [0, 0.1) is 0 Å². The minimum atomic E-state index is -1.27. The zero-order chi connectivity index (χ0) is 35.6. The van der Waals surface area contributed by atoms with Crippen molar-refractivity contribution in [1.82, 2.24) is 35.9 Å². The monoisotopic (exact) mass is 683 g/mol. The van der Waals surface area contributed by atoms with Gasteiger partial charge in [0.15, 0.2) is 11.2 Å². The van der Waals surface area contributed by atoms with Crippen LogP contribution in [0.2, 0.25) is 0 Å². The number of nitrogen functional groups attached to an aromatic ring is 1. The highest BCUT2D eigenvalue weighted by molar-refractivity contribution is 5.97. The number of hydrogen-bond acceptors (Lipinski definition) is 13. The Balaban J connectivity index is 1.30. The number of carbonyl (C=O) groups is 5. The number of nitrogens with one attached hydrogen (secondary N) is 5. The number of anilines is 2. The van der Waals surface area contributed by atoms with Gasteiger partial charge in [-0.1, -0.05) is 0 Å². The van der Waals surface area contributed by atoms with E-state index in [1.54, 1.807) is 12.1 Å².